The highest BCUT2D eigenvalue weighted by Crippen LogP contribution is 2.43. The number of hydrogen-bond acceptors (Lipinski definition) is 3. The maximum absolute atomic E-state index is 6.48. The van der Waals surface area contributed by atoms with Crippen LogP contribution in [0.3, 0.4) is 0 Å². The molecule has 1 N–H and O–H groups in total. The molecule has 2 saturated heterocycles. The van der Waals surface area contributed by atoms with Crippen molar-refractivity contribution in [3.8, 4) is 0 Å². The molecule has 1 aliphatic carbocycles. The Bertz CT molecular complexity index is 301. The van der Waals surface area contributed by atoms with Crippen molar-refractivity contribution in [2.75, 3.05) is 19.6 Å². The Balaban J connectivity index is 1.55. The third-order valence-corrected chi connectivity index (χ3v) is 5.49. The van der Waals surface area contributed by atoms with Crippen molar-refractivity contribution < 1.29 is 4.74 Å². The molecule has 3 unspecified atom stereocenters. The van der Waals surface area contributed by atoms with Gasteiger partial charge in [0, 0.05) is 31.7 Å². The predicted molar refractivity (Wildman–Crippen MR) is 78.4 cm³/mol. The summed E-state index contributed by atoms with van der Waals surface area (Å²) in [4.78, 5) is 2.68. The molecule has 0 aromatic carbocycles. The number of hydrogen-bond donors (Lipinski definition) is 1. The zero-order chi connectivity index (χ0) is 13.3. The normalized spacial score (nSPS) is 39.2. The zero-order valence-corrected chi connectivity index (χ0v) is 12.7. The molecule has 3 aliphatic rings. The van der Waals surface area contributed by atoms with Crippen LogP contribution in [0, 0.1) is 0 Å². The van der Waals surface area contributed by atoms with Crippen LogP contribution in [0.4, 0.5) is 0 Å². The van der Waals surface area contributed by atoms with Crippen molar-refractivity contribution in [3.63, 3.8) is 0 Å². The van der Waals surface area contributed by atoms with E-state index in [9.17, 15) is 0 Å². The van der Waals surface area contributed by atoms with Gasteiger partial charge in [-0.1, -0.05) is 19.8 Å². The summed E-state index contributed by atoms with van der Waals surface area (Å²) in [6, 6.07) is 1.34. The minimum Gasteiger partial charge on any atom is -0.370 e. The molecule has 2 heterocycles. The molecule has 3 fully saturated rings. The van der Waals surface area contributed by atoms with E-state index in [1.807, 2.05) is 0 Å². The number of nitrogens with one attached hydrogen (secondary N) is 1. The van der Waals surface area contributed by atoms with E-state index in [0.29, 0.717) is 23.8 Å². The minimum atomic E-state index is 0.298. The fourth-order valence-corrected chi connectivity index (χ4v) is 4.33. The molecule has 0 aromatic rings. The molecule has 2 aliphatic heterocycles. The summed E-state index contributed by atoms with van der Waals surface area (Å²) in [6.07, 6.45) is 9.75. The van der Waals surface area contributed by atoms with Gasteiger partial charge in [-0.05, 0) is 39.0 Å². The number of piperazine rings is 1. The maximum atomic E-state index is 6.48. The van der Waals surface area contributed by atoms with Crippen molar-refractivity contribution in [2.45, 2.75) is 82.6 Å². The molecule has 0 bridgehead atoms. The molecule has 3 rings (SSSR count). The molecule has 1 saturated carbocycles. The smallest absolute Gasteiger partial charge is 0.0710 e. The lowest BCUT2D eigenvalue weighted by molar-refractivity contribution is -0.0547. The SMILES string of the molecule is CCC1CNC(C)CN1CC1CCC2(CCCC2)O1. The Labute approximate surface area is 118 Å². The molecule has 110 valence electrons. The summed E-state index contributed by atoms with van der Waals surface area (Å²) in [5.41, 5.74) is 0.298. The Morgan fingerprint density at radius 1 is 1.26 bits per heavy atom. The highest BCUT2D eigenvalue weighted by molar-refractivity contribution is 4.94. The molecule has 3 nitrogen and oxygen atoms in total. The minimum absolute atomic E-state index is 0.298. The molecule has 19 heavy (non-hydrogen) atoms. The second-order valence-electron chi connectivity index (χ2n) is 6.99. The van der Waals surface area contributed by atoms with E-state index in [0.717, 1.165) is 13.1 Å². The van der Waals surface area contributed by atoms with E-state index in [1.165, 1.54) is 51.5 Å². The van der Waals surface area contributed by atoms with E-state index in [1.54, 1.807) is 0 Å². The van der Waals surface area contributed by atoms with Crippen LogP contribution in [0.25, 0.3) is 0 Å². The van der Waals surface area contributed by atoms with Crippen molar-refractivity contribution in [1.29, 1.82) is 0 Å². The zero-order valence-electron chi connectivity index (χ0n) is 12.7. The van der Waals surface area contributed by atoms with Crippen molar-refractivity contribution >= 4 is 0 Å². The fraction of sp³-hybridized carbons (Fsp3) is 1.00. The maximum Gasteiger partial charge on any atom is 0.0710 e. The summed E-state index contributed by atoms with van der Waals surface area (Å²) >= 11 is 0. The number of rotatable bonds is 3. The van der Waals surface area contributed by atoms with Gasteiger partial charge in [-0.3, -0.25) is 4.90 Å². The van der Waals surface area contributed by atoms with Gasteiger partial charge in [0.15, 0.2) is 0 Å². The van der Waals surface area contributed by atoms with E-state index in [2.05, 4.69) is 24.1 Å². The van der Waals surface area contributed by atoms with Crippen LogP contribution >= 0.6 is 0 Å². The van der Waals surface area contributed by atoms with E-state index >= 15 is 0 Å². The van der Waals surface area contributed by atoms with E-state index < -0.39 is 0 Å². The van der Waals surface area contributed by atoms with Gasteiger partial charge < -0.3 is 10.1 Å². The summed E-state index contributed by atoms with van der Waals surface area (Å²) in [7, 11) is 0. The lowest BCUT2D eigenvalue weighted by Gasteiger charge is -2.40. The van der Waals surface area contributed by atoms with E-state index in [-0.39, 0.29) is 0 Å². The average Bonchev–Trinajstić information content (AvgIpc) is 3.01. The van der Waals surface area contributed by atoms with Gasteiger partial charge in [0.05, 0.1) is 11.7 Å². The Morgan fingerprint density at radius 2 is 2.05 bits per heavy atom. The summed E-state index contributed by atoms with van der Waals surface area (Å²) < 4.78 is 6.48. The Hall–Kier alpha value is -0.120. The largest absolute Gasteiger partial charge is 0.370 e. The fourth-order valence-electron chi connectivity index (χ4n) is 4.33. The predicted octanol–water partition coefficient (Wildman–Crippen LogP) is 2.55. The molecular weight excluding hydrogens is 236 g/mol. The molecule has 1 spiro atoms. The molecule has 0 amide bonds. The van der Waals surface area contributed by atoms with Crippen LogP contribution in [-0.2, 0) is 4.74 Å². The summed E-state index contributed by atoms with van der Waals surface area (Å²) in [5, 5.41) is 3.60. The summed E-state index contributed by atoms with van der Waals surface area (Å²) in [6.45, 7) is 8.10. The van der Waals surface area contributed by atoms with Gasteiger partial charge in [0.25, 0.3) is 0 Å². The van der Waals surface area contributed by atoms with Crippen molar-refractivity contribution in [1.82, 2.24) is 10.2 Å². The molecule has 0 aromatic heterocycles. The third-order valence-electron chi connectivity index (χ3n) is 5.49. The summed E-state index contributed by atoms with van der Waals surface area (Å²) in [5.74, 6) is 0. The average molecular weight is 266 g/mol. The molecule has 0 radical (unpaired) electrons. The highest BCUT2D eigenvalue weighted by Gasteiger charge is 2.43. The topological polar surface area (TPSA) is 24.5 Å². The quantitative estimate of drug-likeness (QED) is 0.849. The van der Waals surface area contributed by atoms with Crippen LogP contribution in [-0.4, -0.2) is 48.3 Å². The van der Waals surface area contributed by atoms with Crippen LogP contribution in [0.1, 0.15) is 58.8 Å². The van der Waals surface area contributed by atoms with Gasteiger partial charge in [-0.15, -0.1) is 0 Å². The highest BCUT2D eigenvalue weighted by atomic mass is 16.5. The first-order chi connectivity index (χ1) is 9.21. The lowest BCUT2D eigenvalue weighted by Crippen LogP contribution is -2.56. The van der Waals surface area contributed by atoms with E-state index in [4.69, 9.17) is 4.74 Å². The Kier molecular flexibility index (Phi) is 4.16. The van der Waals surface area contributed by atoms with Crippen LogP contribution in [0.5, 0.6) is 0 Å². The monoisotopic (exact) mass is 266 g/mol. The standard InChI is InChI=1S/C16H30N2O/c1-3-14-10-17-13(2)11-18(14)12-15-6-9-16(19-15)7-4-5-8-16/h13-15,17H,3-12H2,1-2H3. The van der Waals surface area contributed by atoms with Crippen molar-refractivity contribution in [2.24, 2.45) is 0 Å². The first-order valence-corrected chi connectivity index (χ1v) is 8.36. The molecule has 3 atom stereocenters. The molecular formula is C16H30N2O. The second kappa shape index (κ2) is 5.71. The van der Waals surface area contributed by atoms with Crippen LogP contribution < -0.4 is 5.32 Å². The van der Waals surface area contributed by atoms with Crippen LogP contribution in [0.2, 0.25) is 0 Å². The van der Waals surface area contributed by atoms with Gasteiger partial charge in [0.2, 0.25) is 0 Å². The third kappa shape index (κ3) is 2.98. The number of nitrogens with zero attached hydrogens (tertiary/aromatic N) is 1. The first-order valence-electron chi connectivity index (χ1n) is 8.36. The van der Waals surface area contributed by atoms with Gasteiger partial charge in [-0.25, -0.2) is 0 Å². The first kappa shape index (κ1) is 13.8. The van der Waals surface area contributed by atoms with Crippen LogP contribution in [0.15, 0.2) is 0 Å². The lowest BCUT2D eigenvalue weighted by atomic mass is 9.98. The van der Waals surface area contributed by atoms with Crippen molar-refractivity contribution in [3.05, 3.63) is 0 Å². The van der Waals surface area contributed by atoms with Gasteiger partial charge in [-0.2, -0.15) is 0 Å². The van der Waals surface area contributed by atoms with Gasteiger partial charge in [0.1, 0.15) is 0 Å². The molecule has 3 heteroatoms. The number of ether oxygens (including phenoxy) is 1. The van der Waals surface area contributed by atoms with Gasteiger partial charge >= 0.3 is 0 Å². The second-order valence-corrected chi connectivity index (χ2v) is 6.99. The Morgan fingerprint density at radius 3 is 2.79 bits per heavy atom.